The van der Waals surface area contributed by atoms with Crippen molar-refractivity contribution in [1.82, 2.24) is 15.6 Å². The minimum absolute atomic E-state index is 0.0367. The molecule has 1 aromatic carbocycles. The summed E-state index contributed by atoms with van der Waals surface area (Å²) in [7, 11) is 0. The van der Waals surface area contributed by atoms with Crippen LogP contribution in [0.2, 0.25) is 0 Å². The van der Waals surface area contributed by atoms with Gasteiger partial charge < -0.3 is 15.1 Å². The van der Waals surface area contributed by atoms with E-state index >= 15 is 0 Å². The molecule has 0 fully saturated rings. The second-order valence-corrected chi connectivity index (χ2v) is 6.88. The molecule has 0 saturated heterocycles. The lowest BCUT2D eigenvalue weighted by Gasteiger charge is -2.07. The lowest BCUT2D eigenvalue weighted by atomic mass is 10.2. The molecule has 2 heterocycles. The maximum atomic E-state index is 12.1. The van der Waals surface area contributed by atoms with Crippen LogP contribution in [0.15, 0.2) is 40.8 Å². The largest absolute Gasteiger partial charge is 0.448 e. The Morgan fingerprint density at radius 2 is 1.88 bits per heavy atom. The number of amides is 2. The Kier molecular flexibility index (Phi) is 5.14. The molecule has 0 bridgehead atoms. The molecule has 3 rings (SSSR count). The number of hydrogen-bond acceptors (Lipinski definition) is 5. The number of hydrogen-bond donors (Lipinski definition) is 2. The molecule has 130 valence electrons. The van der Waals surface area contributed by atoms with Crippen LogP contribution in [-0.2, 0) is 4.79 Å². The van der Waals surface area contributed by atoms with E-state index in [0.29, 0.717) is 18.8 Å². The van der Waals surface area contributed by atoms with Gasteiger partial charge in [-0.3, -0.25) is 9.59 Å². The fourth-order valence-electron chi connectivity index (χ4n) is 2.21. The van der Waals surface area contributed by atoms with Crippen molar-refractivity contribution >= 4 is 33.4 Å². The highest BCUT2D eigenvalue weighted by atomic mass is 32.1. The zero-order valence-electron chi connectivity index (χ0n) is 14.0. The van der Waals surface area contributed by atoms with Gasteiger partial charge in [0.05, 0.1) is 10.2 Å². The third-order valence-corrected chi connectivity index (χ3v) is 4.62. The second-order valence-electron chi connectivity index (χ2n) is 5.85. The Morgan fingerprint density at radius 1 is 1.12 bits per heavy atom. The van der Waals surface area contributed by atoms with Gasteiger partial charge in [0.1, 0.15) is 0 Å². The zero-order chi connectivity index (χ0) is 17.8. The average Bonchev–Trinajstić information content (AvgIpc) is 3.24. The lowest BCUT2D eigenvalue weighted by molar-refractivity contribution is -0.123. The summed E-state index contributed by atoms with van der Waals surface area (Å²) in [5, 5.41) is 6.20. The van der Waals surface area contributed by atoms with E-state index in [4.69, 9.17) is 4.42 Å². The molecule has 2 amide bonds. The van der Waals surface area contributed by atoms with Crippen LogP contribution in [-0.4, -0.2) is 29.9 Å². The number of fused-ring (bicyclic) bond motifs is 1. The van der Waals surface area contributed by atoms with Crippen molar-refractivity contribution in [1.29, 1.82) is 0 Å². The van der Waals surface area contributed by atoms with Crippen molar-refractivity contribution in [2.45, 2.75) is 13.8 Å². The van der Waals surface area contributed by atoms with Crippen molar-refractivity contribution in [2.75, 3.05) is 13.1 Å². The third-order valence-electron chi connectivity index (χ3n) is 3.57. The highest BCUT2D eigenvalue weighted by Crippen LogP contribution is 2.30. The lowest BCUT2D eigenvalue weighted by Crippen LogP contribution is -2.36. The van der Waals surface area contributed by atoms with E-state index in [1.54, 1.807) is 12.1 Å². The number of aromatic nitrogens is 1. The molecule has 3 aromatic rings. The van der Waals surface area contributed by atoms with Gasteiger partial charge in [-0.1, -0.05) is 26.0 Å². The summed E-state index contributed by atoms with van der Waals surface area (Å²) in [5.41, 5.74) is 0.908. The zero-order valence-corrected chi connectivity index (χ0v) is 14.9. The highest BCUT2D eigenvalue weighted by Gasteiger charge is 2.14. The molecule has 6 nitrogen and oxygen atoms in total. The van der Waals surface area contributed by atoms with E-state index < -0.39 is 0 Å². The van der Waals surface area contributed by atoms with Crippen LogP contribution in [0.5, 0.6) is 0 Å². The fraction of sp³-hybridized carbons (Fsp3) is 0.278. The molecule has 2 N–H and O–H groups in total. The van der Waals surface area contributed by atoms with Crippen molar-refractivity contribution in [3.63, 3.8) is 0 Å². The number of nitrogens with one attached hydrogen (secondary N) is 2. The van der Waals surface area contributed by atoms with Gasteiger partial charge in [0, 0.05) is 19.0 Å². The van der Waals surface area contributed by atoms with Crippen molar-refractivity contribution in [2.24, 2.45) is 5.92 Å². The smallest absolute Gasteiger partial charge is 0.287 e. The van der Waals surface area contributed by atoms with Gasteiger partial charge in [-0.15, -0.1) is 11.3 Å². The minimum Gasteiger partial charge on any atom is -0.448 e. The molecule has 0 aliphatic carbocycles. The quantitative estimate of drug-likeness (QED) is 0.664. The second kappa shape index (κ2) is 7.48. The van der Waals surface area contributed by atoms with Crippen molar-refractivity contribution in [3.8, 4) is 10.8 Å². The van der Waals surface area contributed by atoms with Crippen LogP contribution in [0.1, 0.15) is 24.4 Å². The van der Waals surface area contributed by atoms with Gasteiger partial charge in [0.25, 0.3) is 5.91 Å². The first-order chi connectivity index (χ1) is 12.0. The Balaban J connectivity index is 1.59. The minimum atomic E-state index is -0.314. The molecule has 0 atom stereocenters. The number of para-hydroxylation sites is 1. The normalized spacial score (nSPS) is 11.0. The van der Waals surface area contributed by atoms with E-state index in [1.165, 1.54) is 11.3 Å². The molecular formula is C18H19N3O3S. The summed E-state index contributed by atoms with van der Waals surface area (Å²) in [6, 6.07) is 11.2. The Labute approximate surface area is 149 Å². The molecule has 2 aromatic heterocycles. The summed E-state index contributed by atoms with van der Waals surface area (Å²) < 4.78 is 6.70. The first kappa shape index (κ1) is 17.2. The summed E-state index contributed by atoms with van der Waals surface area (Å²) in [6.45, 7) is 4.36. The maximum absolute atomic E-state index is 12.1. The van der Waals surface area contributed by atoms with E-state index in [0.717, 1.165) is 15.2 Å². The SMILES string of the molecule is CC(C)C(=O)NCCNC(=O)c1ccc(-c2nc3ccccc3s2)o1. The molecule has 0 spiro atoms. The van der Waals surface area contributed by atoms with E-state index in [2.05, 4.69) is 15.6 Å². The van der Waals surface area contributed by atoms with Gasteiger partial charge >= 0.3 is 0 Å². The van der Waals surface area contributed by atoms with E-state index in [9.17, 15) is 9.59 Å². The Morgan fingerprint density at radius 3 is 2.64 bits per heavy atom. The first-order valence-electron chi connectivity index (χ1n) is 8.06. The Bertz CT molecular complexity index is 865. The van der Waals surface area contributed by atoms with Crippen LogP contribution in [0, 0.1) is 5.92 Å². The molecular weight excluding hydrogens is 338 g/mol. The molecule has 0 unspecified atom stereocenters. The summed E-state index contributed by atoms with van der Waals surface area (Å²) in [6.07, 6.45) is 0. The maximum Gasteiger partial charge on any atom is 0.287 e. The number of rotatable bonds is 6. The van der Waals surface area contributed by atoms with E-state index in [-0.39, 0.29) is 23.5 Å². The van der Waals surface area contributed by atoms with Gasteiger partial charge in [-0.05, 0) is 24.3 Å². The van der Waals surface area contributed by atoms with Crippen LogP contribution >= 0.6 is 11.3 Å². The summed E-state index contributed by atoms with van der Waals surface area (Å²) >= 11 is 1.52. The number of furan rings is 1. The molecule has 25 heavy (non-hydrogen) atoms. The van der Waals surface area contributed by atoms with Crippen molar-refractivity contribution in [3.05, 3.63) is 42.2 Å². The number of benzene rings is 1. The topological polar surface area (TPSA) is 84.2 Å². The predicted octanol–water partition coefficient (Wildman–Crippen LogP) is 3.06. The predicted molar refractivity (Wildman–Crippen MR) is 97.5 cm³/mol. The molecule has 0 aliphatic heterocycles. The third kappa shape index (κ3) is 4.06. The van der Waals surface area contributed by atoms with Gasteiger partial charge in [-0.25, -0.2) is 4.98 Å². The standard InChI is InChI=1S/C18H19N3O3S/c1-11(2)16(22)19-9-10-20-17(23)13-7-8-14(24-13)18-21-12-5-3-4-6-15(12)25-18/h3-8,11H,9-10H2,1-2H3,(H,19,22)(H,20,23). The fourth-order valence-corrected chi connectivity index (χ4v) is 3.13. The monoisotopic (exact) mass is 357 g/mol. The van der Waals surface area contributed by atoms with Crippen molar-refractivity contribution < 1.29 is 14.0 Å². The summed E-state index contributed by atoms with van der Waals surface area (Å²) in [4.78, 5) is 28.1. The first-order valence-corrected chi connectivity index (χ1v) is 8.88. The van der Waals surface area contributed by atoms with Crippen LogP contribution < -0.4 is 10.6 Å². The number of nitrogens with zero attached hydrogens (tertiary/aromatic N) is 1. The number of carbonyl (C=O) groups excluding carboxylic acids is 2. The molecule has 7 heteroatoms. The number of thiazole rings is 1. The van der Waals surface area contributed by atoms with Gasteiger partial charge in [-0.2, -0.15) is 0 Å². The van der Waals surface area contributed by atoms with E-state index in [1.807, 2.05) is 38.1 Å². The highest BCUT2D eigenvalue weighted by molar-refractivity contribution is 7.21. The van der Waals surface area contributed by atoms with Crippen LogP contribution in [0.3, 0.4) is 0 Å². The number of carbonyl (C=O) groups is 2. The molecule has 0 saturated carbocycles. The van der Waals surface area contributed by atoms with Crippen LogP contribution in [0.25, 0.3) is 21.0 Å². The van der Waals surface area contributed by atoms with Crippen LogP contribution in [0.4, 0.5) is 0 Å². The van der Waals surface area contributed by atoms with Gasteiger partial charge in [0.15, 0.2) is 16.5 Å². The Hall–Kier alpha value is -2.67. The molecule has 0 radical (unpaired) electrons. The average molecular weight is 357 g/mol. The summed E-state index contributed by atoms with van der Waals surface area (Å²) in [5.74, 6) is 0.373. The molecule has 0 aliphatic rings. The van der Waals surface area contributed by atoms with Gasteiger partial charge in [0.2, 0.25) is 5.91 Å².